The van der Waals surface area contributed by atoms with Gasteiger partial charge in [0.2, 0.25) is 11.8 Å². The number of nitrogens with zero attached hydrogens (tertiary/aromatic N) is 1. The molecule has 0 saturated carbocycles. The molecule has 0 unspecified atom stereocenters. The lowest BCUT2D eigenvalue weighted by molar-refractivity contribution is -0.133. The van der Waals surface area contributed by atoms with E-state index in [1.165, 1.54) is 0 Å². The zero-order valence-corrected chi connectivity index (χ0v) is 15.1. The molecule has 2 aromatic rings. The zero-order valence-electron chi connectivity index (χ0n) is 14.4. The lowest BCUT2D eigenvalue weighted by atomic mass is 10.1. The van der Waals surface area contributed by atoms with Crippen LogP contribution in [0.3, 0.4) is 0 Å². The minimum absolute atomic E-state index is 0.0229. The summed E-state index contributed by atoms with van der Waals surface area (Å²) in [5.41, 5.74) is 2.08. The number of likely N-dealkylation sites (N-methyl/N-ethyl adjacent to an activating group) is 1. The summed E-state index contributed by atoms with van der Waals surface area (Å²) in [6.45, 7) is 3.11. The Kier molecular flexibility index (Phi) is 7.48. The van der Waals surface area contributed by atoms with Crippen LogP contribution in [0, 0.1) is 0 Å². The average molecular weight is 359 g/mol. The third kappa shape index (κ3) is 6.59. The Bertz CT molecular complexity index is 704. The fourth-order valence-electron chi connectivity index (χ4n) is 2.50. The zero-order chi connectivity index (χ0) is 18.1. The van der Waals surface area contributed by atoms with Crippen molar-refractivity contribution in [2.24, 2.45) is 0 Å². The lowest BCUT2D eigenvalue weighted by Crippen LogP contribution is -2.39. The van der Waals surface area contributed by atoms with E-state index in [0.29, 0.717) is 31.0 Å². The Balaban J connectivity index is 1.76. The van der Waals surface area contributed by atoms with Gasteiger partial charge in [0.25, 0.3) is 0 Å². The highest BCUT2D eigenvalue weighted by molar-refractivity contribution is 6.30. The molecule has 0 aliphatic rings. The summed E-state index contributed by atoms with van der Waals surface area (Å²) in [5, 5.41) is 3.36. The second-order valence-corrected chi connectivity index (χ2v) is 6.24. The Hall–Kier alpha value is -2.33. The van der Waals surface area contributed by atoms with Gasteiger partial charge in [-0.05, 0) is 36.6 Å². The summed E-state index contributed by atoms with van der Waals surface area (Å²) in [4.78, 5) is 26.0. The Morgan fingerprint density at radius 2 is 1.76 bits per heavy atom. The average Bonchev–Trinajstić information content (AvgIpc) is 2.63. The van der Waals surface area contributed by atoms with E-state index in [1.807, 2.05) is 55.5 Å². The lowest BCUT2D eigenvalue weighted by Gasteiger charge is -2.21. The molecule has 0 heterocycles. The molecule has 0 bridgehead atoms. The van der Waals surface area contributed by atoms with Gasteiger partial charge >= 0.3 is 0 Å². The van der Waals surface area contributed by atoms with Gasteiger partial charge in [0.1, 0.15) is 0 Å². The van der Waals surface area contributed by atoms with Gasteiger partial charge < -0.3 is 10.2 Å². The van der Waals surface area contributed by atoms with Crippen LogP contribution in [-0.4, -0.2) is 29.8 Å². The summed E-state index contributed by atoms with van der Waals surface area (Å²) in [6, 6.07) is 17.3. The maximum Gasteiger partial charge on any atom is 0.242 e. The number of rotatable bonds is 8. The summed E-state index contributed by atoms with van der Waals surface area (Å²) in [7, 11) is 0. The van der Waals surface area contributed by atoms with Crippen LogP contribution < -0.4 is 5.32 Å². The minimum Gasteiger partial charge on any atom is -0.347 e. The van der Waals surface area contributed by atoms with Crippen LogP contribution in [0.4, 0.5) is 0 Å². The van der Waals surface area contributed by atoms with Crippen molar-refractivity contribution in [2.75, 3.05) is 13.1 Å². The highest BCUT2D eigenvalue weighted by Gasteiger charge is 2.13. The fourth-order valence-corrected chi connectivity index (χ4v) is 2.72. The molecule has 2 aromatic carbocycles. The standard InChI is InChI=1S/C20H23ClN2O2/c1-2-23(15-17-7-4-3-5-8-17)20(25)14-22-19(24)12-11-16-9-6-10-18(21)13-16/h3-10,13H,2,11-12,14-15H2,1H3,(H,22,24). The van der Waals surface area contributed by atoms with Crippen LogP contribution in [0.15, 0.2) is 54.6 Å². The monoisotopic (exact) mass is 358 g/mol. The molecule has 5 heteroatoms. The van der Waals surface area contributed by atoms with Gasteiger partial charge in [0.15, 0.2) is 0 Å². The fraction of sp³-hybridized carbons (Fsp3) is 0.300. The molecule has 0 aliphatic carbocycles. The first kappa shape index (κ1) is 19.0. The van der Waals surface area contributed by atoms with Gasteiger partial charge in [-0.2, -0.15) is 0 Å². The number of aryl methyl sites for hydroxylation is 1. The number of carbonyl (C=O) groups excluding carboxylic acids is 2. The summed E-state index contributed by atoms with van der Waals surface area (Å²) >= 11 is 5.93. The van der Waals surface area contributed by atoms with Crippen molar-refractivity contribution in [1.82, 2.24) is 10.2 Å². The van der Waals surface area contributed by atoms with Gasteiger partial charge in [-0.25, -0.2) is 0 Å². The number of carbonyl (C=O) groups is 2. The van der Waals surface area contributed by atoms with Crippen LogP contribution >= 0.6 is 11.6 Å². The van der Waals surface area contributed by atoms with E-state index in [-0.39, 0.29) is 18.4 Å². The van der Waals surface area contributed by atoms with E-state index in [9.17, 15) is 9.59 Å². The first-order valence-corrected chi connectivity index (χ1v) is 8.79. The van der Waals surface area contributed by atoms with E-state index >= 15 is 0 Å². The quantitative estimate of drug-likeness (QED) is 0.785. The maximum atomic E-state index is 12.3. The van der Waals surface area contributed by atoms with Gasteiger partial charge in [-0.15, -0.1) is 0 Å². The van der Waals surface area contributed by atoms with E-state index < -0.39 is 0 Å². The molecule has 0 atom stereocenters. The SMILES string of the molecule is CCN(Cc1ccccc1)C(=O)CNC(=O)CCc1cccc(Cl)c1. The number of hydrogen-bond acceptors (Lipinski definition) is 2. The highest BCUT2D eigenvalue weighted by atomic mass is 35.5. The van der Waals surface area contributed by atoms with Crippen molar-refractivity contribution in [3.8, 4) is 0 Å². The van der Waals surface area contributed by atoms with Crippen LogP contribution in [0.1, 0.15) is 24.5 Å². The van der Waals surface area contributed by atoms with Gasteiger partial charge in [-0.3, -0.25) is 9.59 Å². The molecule has 0 saturated heterocycles. The summed E-state index contributed by atoms with van der Waals surface area (Å²) < 4.78 is 0. The molecule has 0 aromatic heterocycles. The van der Waals surface area contributed by atoms with E-state index in [1.54, 1.807) is 11.0 Å². The van der Waals surface area contributed by atoms with Crippen molar-refractivity contribution in [1.29, 1.82) is 0 Å². The smallest absolute Gasteiger partial charge is 0.242 e. The topological polar surface area (TPSA) is 49.4 Å². The Labute approximate surface area is 153 Å². The van der Waals surface area contributed by atoms with Crippen LogP contribution in [0.5, 0.6) is 0 Å². The molecule has 0 aliphatic heterocycles. The van der Waals surface area contributed by atoms with Crippen molar-refractivity contribution in [2.45, 2.75) is 26.3 Å². The van der Waals surface area contributed by atoms with Crippen LogP contribution in [0.25, 0.3) is 0 Å². The van der Waals surface area contributed by atoms with Gasteiger partial charge in [0.05, 0.1) is 6.54 Å². The third-order valence-electron chi connectivity index (χ3n) is 3.92. The molecular formula is C20H23ClN2O2. The van der Waals surface area contributed by atoms with Crippen LogP contribution in [-0.2, 0) is 22.6 Å². The number of halogens is 1. The van der Waals surface area contributed by atoms with E-state index in [4.69, 9.17) is 11.6 Å². The first-order chi connectivity index (χ1) is 12.1. The summed E-state index contributed by atoms with van der Waals surface area (Å²) in [6.07, 6.45) is 0.931. The molecule has 1 N–H and O–H groups in total. The molecule has 25 heavy (non-hydrogen) atoms. The normalized spacial score (nSPS) is 10.3. The second kappa shape index (κ2) is 9.84. The molecule has 132 valence electrons. The Morgan fingerprint density at radius 3 is 2.44 bits per heavy atom. The molecule has 2 rings (SSSR count). The van der Waals surface area contributed by atoms with Gasteiger partial charge in [-0.1, -0.05) is 54.1 Å². The molecule has 0 spiro atoms. The van der Waals surface area contributed by atoms with Crippen LogP contribution in [0.2, 0.25) is 5.02 Å². The number of nitrogens with one attached hydrogen (secondary N) is 1. The molecule has 4 nitrogen and oxygen atoms in total. The first-order valence-electron chi connectivity index (χ1n) is 8.41. The second-order valence-electron chi connectivity index (χ2n) is 5.80. The molecule has 0 radical (unpaired) electrons. The van der Waals surface area contributed by atoms with Crippen molar-refractivity contribution in [3.05, 3.63) is 70.7 Å². The highest BCUT2D eigenvalue weighted by Crippen LogP contribution is 2.12. The predicted molar refractivity (Wildman–Crippen MR) is 100 cm³/mol. The largest absolute Gasteiger partial charge is 0.347 e. The predicted octanol–water partition coefficient (Wildman–Crippen LogP) is 3.44. The maximum absolute atomic E-state index is 12.3. The molecular weight excluding hydrogens is 336 g/mol. The van der Waals surface area contributed by atoms with E-state index in [0.717, 1.165) is 11.1 Å². The summed E-state index contributed by atoms with van der Waals surface area (Å²) in [5.74, 6) is -0.216. The van der Waals surface area contributed by atoms with Gasteiger partial charge in [0, 0.05) is 24.5 Å². The van der Waals surface area contributed by atoms with Crippen molar-refractivity contribution in [3.63, 3.8) is 0 Å². The Morgan fingerprint density at radius 1 is 1.04 bits per heavy atom. The van der Waals surface area contributed by atoms with E-state index in [2.05, 4.69) is 5.32 Å². The molecule has 2 amide bonds. The van der Waals surface area contributed by atoms with Crippen molar-refractivity contribution >= 4 is 23.4 Å². The number of amides is 2. The molecule has 0 fully saturated rings. The van der Waals surface area contributed by atoms with Crippen molar-refractivity contribution < 1.29 is 9.59 Å². The number of hydrogen-bond donors (Lipinski definition) is 1. The number of benzene rings is 2. The third-order valence-corrected chi connectivity index (χ3v) is 4.15. The minimum atomic E-state index is -0.135.